The van der Waals surface area contributed by atoms with Crippen LogP contribution in [0, 0.1) is 17.3 Å². The lowest BCUT2D eigenvalue weighted by atomic mass is 9.73. The number of methoxy groups -OCH3 is 1. The predicted molar refractivity (Wildman–Crippen MR) is 225 cm³/mol. The van der Waals surface area contributed by atoms with Gasteiger partial charge in [0.2, 0.25) is 7.59 Å². The van der Waals surface area contributed by atoms with Crippen molar-refractivity contribution in [3.05, 3.63) is 33.3 Å². The van der Waals surface area contributed by atoms with Crippen LogP contribution in [0.2, 0.25) is 0 Å². The summed E-state index contributed by atoms with van der Waals surface area (Å²) in [6, 6.07) is 0. The predicted octanol–water partition coefficient (Wildman–Crippen LogP) is 10.9. The third-order valence-electron chi connectivity index (χ3n) is 8.62. The number of aromatic nitrogens is 1. The summed E-state index contributed by atoms with van der Waals surface area (Å²) in [5.41, 5.74) is 0.529. The molecule has 0 aromatic carbocycles. The summed E-state index contributed by atoms with van der Waals surface area (Å²) in [6.07, 6.45) is 1.43. The minimum atomic E-state index is -1.87. The number of ether oxygens (including phenoxy) is 6. The maximum atomic E-state index is 13.9. The van der Waals surface area contributed by atoms with Crippen LogP contribution >= 0.6 is 80.9 Å². The first-order valence-electron chi connectivity index (χ1n) is 18.1. The second kappa shape index (κ2) is 24.0. The lowest BCUT2D eigenvalue weighted by Gasteiger charge is -2.36. The van der Waals surface area contributed by atoms with E-state index in [-0.39, 0.29) is 18.6 Å². The number of aliphatic hydroxyl groups is 1. The lowest BCUT2D eigenvalue weighted by molar-refractivity contribution is -0.160. The van der Waals surface area contributed by atoms with Crippen LogP contribution < -0.4 is 0 Å². The number of carbonyl (C=O) groups is 4. The van der Waals surface area contributed by atoms with Gasteiger partial charge >= 0.3 is 18.3 Å². The third-order valence-corrected chi connectivity index (χ3v) is 10.1. The van der Waals surface area contributed by atoms with Gasteiger partial charge in [0.25, 0.3) is 0 Å². The Bertz CT molecular complexity index is 1530. The maximum absolute atomic E-state index is 13.9. The molecule has 19 heteroatoms. The second-order valence-electron chi connectivity index (χ2n) is 15.3. The van der Waals surface area contributed by atoms with Crippen molar-refractivity contribution in [1.82, 2.24) is 4.98 Å². The first kappa shape index (κ1) is 53.5. The van der Waals surface area contributed by atoms with E-state index in [1.807, 2.05) is 32.2 Å². The van der Waals surface area contributed by atoms with Gasteiger partial charge in [0.15, 0.2) is 0 Å². The average molecular weight is 947 g/mol. The standard InChI is InChI=1S/C38H55Cl6NO11S/c1-22(14-15-27(51-10)24(3)16-26-19-57-29(45-26)18-52-33(49)53-20-37(39,40)41)12-11-13-23(2)31(55-34(50)54-21-38(42,43)44)25(4)32(48)36(8,9)28(46)17-30(47)56-35(5,6)7/h14,16,19,23,25,27-28,31,46H,11-13,15,17-18,20-21H2,1-10H3/b22-14-,24-16+/t23-,25+,27?,28-,31-/m0/s1. The van der Waals surface area contributed by atoms with Gasteiger partial charge in [-0.3, -0.25) is 9.59 Å². The molecule has 0 aliphatic heterocycles. The maximum Gasteiger partial charge on any atom is 0.508 e. The molecule has 0 aliphatic rings. The molecular formula is C38H55Cl6NO11S. The van der Waals surface area contributed by atoms with Crippen molar-refractivity contribution in [2.45, 2.75) is 133 Å². The van der Waals surface area contributed by atoms with Gasteiger partial charge in [0.05, 0.1) is 35.7 Å². The van der Waals surface area contributed by atoms with E-state index < -0.39 is 80.4 Å². The Kier molecular flexibility index (Phi) is 22.5. The Morgan fingerprint density at radius 2 is 1.49 bits per heavy atom. The molecule has 1 aromatic rings. The Balaban J connectivity index is 2.95. The zero-order valence-electron chi connectivity index (χ0n) is 33.9. The molecule has 57 heavy (non-hydrogen) atoms. The summed E-state index contributed by atoms with van der Waals surface area (Å²) >= 11 is 35.3. The van der Waals surface area contributed by atoms with E-state index in [9.17, 15) is 24.3 Å². The van der Waals surface area contributed by atoms with Gasteiger partial charge in [-0.2, -0.15) is 0 Å². The Morgan fingerprint density at radius 1 is 0.912 bits per heavy atom. The number of hydrogen-bond acceptors (Lipinski definition) is 13. The molecule has 0 fully saturated rings. The smallest absolute Gasteiger partial charge is 0.460 e. The molecule has 1 heterocycles. The summed E-state index contributed by atoms with van der Waals surface area (Å²) < 4.78 is 27.9. The van der Waals surface area contributed by atoms with Crippen LogP contribution in [0.5, 0.6) is 0 Å². The van der Waals surface area contributed by atoms with Crippen molar-refractivity contribution in [3.8, 4) is 0 Å². The summed E-state index contributed by atoms with van der Waals surface area (Å²) in [4.78, 5) is 55.3. The van der Waals surface area contributed by atoms with Crippen molar-refractivity contribution in [1.29, 1.82) is 0 Å². The number of hydrogen-bond donors (Lipinski definition) is 1. The first-order valence-corrected chi connectivity index (χ1v) is 21.2. The summed E-state index contributed by atoms with van der Waals surface area (Å²) in [6.45, 7) is 14.4. The molecule has 0 amide bonds. The van der Waals surface area contributed by atoms with Crippen molar-refractivity contribution in [2.24, 2.45) is 17.3 Å². The molecule has 0 saturated heterocycles. The van der Waals surface area contributed by atoms with Gasteiger partial charge in [-0.1, -0.05) is 109 Å². The fourth-order valence-corrected chi connectivity index (χ4v) is 6.52. The van der Waals surface area contributed by atoms with Gasteiger partial charge in [-0.05, 0) is 77.9 Å². The highest BCUT2D eigenvalue weighted by Gasteiger charge is 2.44. The van der Waals surface area contributed by atoms with Crippen LogP contribution in [0.25, 0.3) is 6.08 Å². The molecule has 1 N–H and O–H groups in total. The van der Waals surface area contributed by atoms with Gasteiger partial charge in [-0.15, -0.1) is 11.3 Å². The van der Waals surface area contributed by atoms with E-state index in [1.54, 1.807) is 34.8 Å². The highest BCUT2D eigenvalue weighted by atomic mass is 35.6. The van der Waals surface area contributed by atoms with Crippen LogP contribution in [-0.4, -0.2) is 86.0 Å². The molecule has 326 valence electrons. The van der Waals surface area contributed by atoms with E-state index >= 15 is 0 Å². The number of carbonyl (C=O) groups excluding carboxylic acids is 4. The normalized spacial score (nSPS) is 15.9. The fourth-order valence-electron chi connectivity index (χ4n) is 5.53. The number of halogens is 6. The van der Waals surface area contributed by atoms with Crippen molar-refractivity contribution >= 4 is 111 Å². The van der Waals surface area contributed by atoms with Crippen LogP contribution in [-0.2, 0) is 44.6 Å². The SMILES string of the molecule is COC(C/C=C(/C)CCC[C@H](C)[C@H](OC(=O)OCC(Cl)(Cl)Cl)[C@@H](C)C(=O)C(C)(C)[C@@H](O)CC(=O)OC(C)(C)C)/C(C)=C/c1csc(COC(=O)OCC(Cl)(Cl)Cl)n1. The number of Topliss-reactive ketones (excluding diaryl/α,β-unsaturated/α-hetero) is 1. The van der Waals surface area contributed by atoms with E-state index in [0.717, 1.165) is 11.1 Å². The Labute approximate surface area is 370 Å². The molecule has 0 saturated carbocycles. The Hall–Kier alpha value is -1.55. The molecule has 0 bridgehead atoms. The minimum absolute atomic E-state index is 0.107. The largest absolute Gasteiger partial charge is 0.508 e. The molecule has 0 radical (unpaired) electrons. The van der Waals surface area contributed by atoms with Crippen molar-refractivity contribution in [2.75, 3.05) is 20.3 Å². The number of thiazole rings is 1. The topological polar surface area (TPSA) is 157 Å². The second-order valence-corrected chi connectivity index (χ2v) is 21.3. The van der Waals surface area contributed by atoms with Gasteiger partial charge < -0.3 is 33.5 Å². The van der Waals surface area contributed by atoms with E-state index in [4.69, 9.17) is 98.0 Å². The van der Waals surface area contributed by atoms with Crippen LogP contribution in [0.4, 0.5) is 9.59 Å². The number of alkyl halides is 6. The summed E-state index contributed by atoms with van der Waals surface area (Å²) in [5.74, 6) is -2.32. The molecular weight excluding hydrogens is 891 g/mol. The molecule has 1 unspecified atom stereocenters. The zero-order valence-corrected chi connectivity index (χ0v) is 39.3. The highest BCUT2D eigenvalue weighted by Crippen LogP contribution is 2.34. The van der Waals surface area contributed by atoms with Crippen LogP contribution in [0.1, 0.15) is 105 Å². The van der Waals surface area contributed by atoms with E-state index in [1.165, 1.54) is 25.2 Å². The van der Waals surface area contributed by atoms with Crippen LogP contribution in [0.15, 0.2) is 22.6 Å². The Morgan fingerprint density at radius 3 is 2.04 bits per heavy atom. The number of rotatable bonds is 21. The lowest BCUT2D eigenvalue weighted by Crippen LogP contribution is -2.47. The summed E-state index contributed by atoms with van der Waals surface area (Å²) in [5, 5.41) is 13.3. The molecule has 0 aliphatic carbocycles. The van der Waals surface area contributed by atoms with Crippen molar-refractivity contribution < 1.29 is 52.7 Å². The minimum Gasteiger partial charge on any atom is -0.460 e. The number of ketones is 1. The van der Waals surface area contributed by atoms with Crippen molar-refractivity contribution in [3.63, 3.8) is 0 Å². The zero-order chi connectivity index (χ0) is 43.9. The van der Waals surface area contributed by atoms with Crippen LogP contribution in [0.3, 0.4) is 0 Å². The highest BCUT2D eigenvalue weighted by molar-refractivity contribution is 7.09. The number of nitrogens with zero attached hydrogens (tertiary/aromatic N) is 1. The molecule has 1 rings (SSSR count). The molecule has 1 aromatic heterocycles. The quantitative estimate of drug-likeness (QED) is 0.0539. The summed E-state index contributed by atoms with van der Waals surface area (Å²) in [7, 11) is 1.62. The number of esters is 1. The molecule has 0 spiro atoms. The van der Waals surface area contributed by atoms with Gasteiger partial charge in [0.1, 0.15) is 42.3 Å². The van der Waals surface area contributed by atoms with E-state index in [2.05, 4.69) is 11.1 Å². The average Bonchev–Trinajstić information content (AvgIpc) is 3.52. The number of aliphatic hydroxyl groups excluding tert-OH is 1. The number of allylic oxidation sites excluding steroid dienone is 1. The van der Waals surface area contributed by atoms with E-state index in [0.29, 0.717) is 36.4 Å². The van der Waals surface area contributed by atoms with Gasteiger partial charge in [0, 0.05) is 12.5 Å². The third kappa shape index (κ3) is 22.0. The van der Waals surface area contributed by atoms with Gasteiger partial charge in [-0.25, -0.2) is 14.6 Å². The first-order chi connectivity index (χ1) is 26.0. The molecule has 5 atom stereocenters. The monoisotopic (exact) mass is 943 g/mol. The molecule has 12 nitrogen and oxygen atoms in total. The fraction of sp³-hybridized carbons (Fsp3) is 0.711.